The molecule has 0 amide bonds. The molecule has 3 atom stereocenters. The predicted molar refractivity (Wildman–Crippen MR) is 512 cm³/mol. The fraction of sp³-hybridized carbons (Fsp3) is 0.286. The van der Waals surface area contributed by atoms with Crippen molar-refractivity contribution in [3.05, 3.63) is 271 Å². The Kier molecular flexibility index (Phi) is 33.4. The lowest BCUT2D eigenvalue weighted by Crippen LogP contribution is -2.26. The van der Waals surface area contributed by atoms with E-state index >= 15 is 0 Å². The number of nitrogens with two attached hydrogens (primary N) is 1. The molecule has 0 spiro atoms. The standard InChI is InChI=1S/2C19H19ClN4.C19H19FN4.C18H18ClN5.C18H18FN5.5CH4/c1-13-8-11-24(12-13)19-17(14-6-9-21-10-7-14)18(22-23-19)15-2-4-16(20)5-3-15;2*20-15-7-5-14(6-8-15)18-17(13-9-11-21-12-10-13)19(24-23-18)22-16-3-1-2-4-16;19-14-3-1-13(2-4-14)17-16(12-5-8-21-9-6-12)18(23-22-17)24-10-7-15(20)11-24;19-14-3-1-13(2-4-14)17-16(12-5-8-20-9-6-12)18(24-23-17)22-15-7-10-21-11-15;;;;;/h2-7,9-10,13H,8,11-12H2,1H3,(H,22,23);2*5-12,16H,1-4H2,(H2,22,23,24);1-6,8-9,15H,7,10-11,20H2,(H,22,23);1-6,8-9,15,21H,7,10-11H2,(H2,22,23,24);5*1H4. The van der Waals surface area contributed by atoms with Gasteiger partial charge in [-0.1, -0.05) is 141 Å². The summed E-state index contributed by atoms with van der Waals surface area (Å²) in [5, 5.41) is 54.9. The van der Waals surface area contributed by atoms with Crippen molar-refractivity contribution in [3.8, 4) is 112 Å². The van der Waals surface area contributed by atoms with Crippen LogP contribution < -0.4 is 36.8 Å². The molecule has 15 aromatic rings. The van der Waals surface area contributed by atoms with Crippen molar-refractivity contribution in [2.24, 2.45) is 11.7 Å². The number of pyridine rings is 5. The molecule has 3 unspecified atom stereocenters. The average molecular weight is 1740 g/mol. The first-order valence-corrected chi connectivity index (χ1v) is 42.0. The summed E-state index contributed by atoms with van der Waals surface area (Å²) < 4.78 is 26.5. The summed E-state index contributed by atoms with van der Waals surface area (Å²) >= 11 is 18.1. The molecule has 5 fully saturated rings. The van der Waals surface area contributed by atoms with Gasteiger partial charge in [0, 0.05) is 162 Å². The third kappa shape index (κ3) is 22.9. The maximum Gasteiger partial charge on any atom is 0.159 e. The van der Waals surface area contributed by atoms with Crippen LogP contribution in [0.25, 0.3) is 112 Å². The predicted octanol–water partition coefficient (Wildman–Crippen LogP) is 24.0. The molecule has 20 rings (SSSR count). The molecule has 5 aliphatic rings. The lowest BCUT2D eigenvalue weighted by atomic mass is 10.0. The van der Waals surface area contributed by atoms with Crippen LogP contribution in [0.3, 0.4) is 0 Å². The number of aromatic nitrogens is 15. The number of hydrogen-bond acceptors (Lipinski definition) is 17. The number of nitrogens with one attached hydrogen (secondary N) is 9. The summed E-state index contributed by atoms with van der Waals surface area (Å²) in [5.41, 5.74) is 26.5. The van der Waals surface area contributed by atoms with Gasteiger partial charge in [0.15, 0.2) is 29.1 Å². The fourth-order valence-electron chi connectivity index (χ4n) is 16.2. The highest BCUT2D eigenvalue weighted by Crippen LogP contribution is 2.44. The Balaban J connectivity index is 0.000000150. The van der Waals surface area contributed by atoms with E-state index in [4.69, 9.17) is 40.5 Å². The van der Waals surface area contributed by atoms with E-state index in [-0.39, 0.29) is 54.8 Å². The minimum absolute atomic E-state index is 0. The second-order valence-corrected chi connectivity index (χ2v) is 32.0. The van der Waals surface area contributed by atoms with Crippen LogP contribution in [-0.4, -0.2) is 139 Å². The van der Waals surface area contributed by atoms with Crippen LogP contribution >= 0.6 is 34.8 Å². The van der Waals surface area contributed by atoms with Crippen molar-refractivity contribution in [2.45, 2.75) is 139 Å². The number of halogens is 5. The van der Waals surface area contributed by atoms with Crippen molar-refractivity contribution >= 4 is 63.9 Å². The molecule has 125 heavy (non-hydrogen) atoms. The first-order valence-electron chi connectivity index (χ1n) is 40.9. The molecule has 22 nitrogen and oxygen atoms in total. The SMILES string of the molecule is C.C.C.C.C.CC1CCN(c2n[nH]c(-c3ccc(Cl)cc3)c2-c2ccncc2)C1.Clc1ccc(-c2[nH]nc(NC3CCCC3)c2-c2ccncc2)cc1.Fc1ccc(-c2[nH]nc(NC3CCCC3)c2-c2ccncc2)cc1.Fc1ccc(-c2[nH]nc(NC3CCNC3)c2-c2ccncc2)cc1.NC1CCN(c2n[nH]c(-c3ccc(Cl)cc3)c2-c2ccncc2)C1. The molecule has 0 bridgehead atoms. The Morgan fingerprint density at radius 3 is 0.896 bits per heavy atom. The number of H-pyrrole nitrogens is 5. The lowest BCUT2D eigenvalue weighted by molar-refractivity contribution is 0.627. The van der Waals surface area contributed by atoms with Gasteiger partial charge in [-0.2, -0.15) is 25.5 Å². The second-order valence-electron chi connectivity index (χ2n) is 30.7. The molecule has 11 N–H and O–H groups in total. The third-order valence-corrected chi connectivity index (χ3v) is 23.1. The van der Waals surface area contributed by atoms with Gasteiger partial charge >= 0.3 is 0 Å². The Morgan fingerprint density at radius 2 is 0.608 bits per heavy atom. The van der Waals surface area contributed by atoms with Crippen LogP contribution in [0, 0.1) is 17.6 Å². The van der Waals surface area contributed by atoms with E-state index in [2.05, 4.69) is 114 Å². The van der Waals surface area contributed by atoms with Gasteiger partial charge in [0.25, 0.3) is 0 Å². The second kappa shape index (κ2) is 44.7. The van der Waals surface area contributed by atoms with Crippen LogP contribution in [0.2, 0.25) is 15.1 Å². The molecule has 2 saturated carbocycles. The van der Waals surface area contributed by atoms with Gasteiger partial charge in [-0.15, -0.1) is 0 Å². The number of anilines is 5. The van der Waals surface area contributed by atoms with Crippen LogP contribution in [0.1, 0.15) is 115 Å². The largest absolute Gasteiger partial charge is 0.365 e. The summed E-state index contributed by atoms with van der Waals surface area (Å²) in [6, 6.07) is 57.9. The summed E-state index contributed by atoms with van der Waals surface area (Å²) in [6.07, 6.45) is 31.1. The zero-order valence-corrected chi connectivity index (χ0v) is 68.6. The van der Waals surface area contributed by atoms with Crippen molar-refractivity contribution in [1.82, 2.24) is 81.2 Å². The highest BCUT2D eigenvalue weighted by Gasteiger charge is 2.31. The van der Waals surface area contributed by atoms with Crippen LogP contribution in [0.4, 0.5) is 37.9 Å². The summed E-state index contributed by atoms with van der Waals surface area (Å²) in [4.78, 5) is 25.2. The molecule has 27 heteroatoms. The van der Waals surface area contributed by atoms with Crippen LogP contribution in [0.5, 0.6) is 0 Å². The first-order chi connectivity index (χ1) is 58.9. The van der Waals surface area contributed by atoms with E-state index < -0.39 is 0 Å². The Morgan fingerprint density at radius 1 is 0.328 bits per heavy atom. The van der Waals surface area contributed by atoms with E-state index in [1.54, 1.807) is 61.4 Å². The topological polar surface area (TPSA) is 288 Å². The maximum atomic E-state index is 13.3. The van der Waals surface area contributed by atoms with Crippen LogP contribution in [-0.2, 0) is 0 Å². The van der Waals surface area contributed by atoms with E-state index in [0.717, 1.165) is 208 Å². The summed E-state index contributed by atoms with van der Waals surface area (Å²) in [5.74, 6) is 4.76. The number of nitrogens with zero attached hydrogens (tertiary/aromatic N) is 12. The monoisotopic (exact) mass is 1740 g/mol. The molecule has 3 aliphatic heterocycles. The zero-order valence-electron chi connectivity index (χ0n) is 66.3. The van der Waals surface area contributed by atoms with E-state index in [1.807, 2.05) is 158 Å². The number of hydrogen-bond donors (Lipinski definition) is 10. The molecule has 0 radical (unpaired) electrons. The average Bonchev–Trinajstić information content (AvgIpc) is 1.64. The Labute approximate surface area is 747 Å². The summed E-state index contributed by atoms with van der Waals surface area (Å²) in [6.45, 7) is 8.06. The molecule has 10 aromatic heterocycles. The van der Waals surface area contributed by atoms with E-state index in [1.165, 1.54) is 82.1 Å². The molecule has 2 aliphatic carbocycles. The van der Waals surface area contributed by atoms with Crippen LogP contribution in [0.15, 0.2) is 244 Å². The van der Waals surface area contributed by atoms with Crippen molar-refractivity contribution in [2.75, 3.05) is 65.0 Å². The molecule has 5 aromatic carbocycles. The van der Waals surface area contributed by atoms with Gasteiger partial charge in [-0.05, 0) is 231 Å². The lowest BCUT2D eigenvalue weighted by Gasteiger charge is -2.17. The maximum absolute atomic E-state index is 13.3. The summed E-state index contributed by atoms with van der Waals surface area (Å²) in [7, 11) is 0. The van der Waals surface area contributed by atoms with Gasteiger partial charge < -0.3 is 36.8 Å². The highest BCUT2D eigenvalue weighted by molar-refractivity contribution is 6.31. The molecular weight excluding hydrogens is 1630 g/mol. The minimum Gasteiger partial charge on any atom is -0.365 e. The number of benzene rings is 5. The van der Waals surface area contributed by atoms with Gasteiger partial charge in [0.2, 0.25) is 0 Å². The molecular formula is C98H113Cl3F2N22. The molecule has 3 saturated heterocycles. The van der Waals surface area contributed by atoms with E-state index in [0.29, 0.717) is 24.0 Å². The molecule has 650 valence electrons. The molecule has 13 heterocycles. The van der Waals surface area contributed by atoms with Gasteiger partial charge in [-0.3, -0.25) is 50.4 Å². The van der Waals surface area contributed by atoms with Gasteiger partial charge in [0.1, 0.15) is 11.6 Å². The van der Waals surface area contributed by atoms with E-state index in [9.17, 15) is 8.78 Å². The normalized spacial score (nSPS) is 15.7. The van der Waals surface area contributed by atoms with Gasteiger partial charge in [0.05, 0.1) is 56.3 Å². The third-order valence-electron chi connectivity index (χ3n) is 22.3. The Bertz CT molecular complexity index is 5250. The number of rotatable bonds is 18. The van der Waals surface area contributed by atoms with Gasteiger partial charge in [-0.25, -0.2) is 8.78 Å². The zero-order chi connectivity index (χ0) is 82.1. The smallest absolute Gasteiger partial charge is 0.159 e. The van der Waals surface area contributed by atoms with Crippen molar-refractivity contribution in [1.29, 1.82) is 0 Å². The highest BCUT2D eigenvalue weighted by atomic mass is 35.5. The minimum atomic E-state index is -0.251. The van der Waals surface area contributed by atoms with Crippen molar-refractivity contribution in [3.63, 3.8) is 0 Å². The number of aromatic amines is 5. The quantitative estimate of drug-likeness (QED) is 0.0382. The Hall–Kier alpha value is -12.5. The first kappa shape index (κ1) is 93.3. The fourth-order valence-corrected chi connectivity index (χ4v) is 16.6. The van der Waals surface area contributed by atoms with Crippen molar-refractivity contribution < 1.29 is 8.78 Å².